The number of ether oxygens (including phenoxy) is 1. The van der Waals surface area contributed by atoms with Crippen molar-refractivity contribution >= 4 is 5.97 Å². The maximum atomic E-state index is 10.8. The molecule has 0 saturated carbocycles. The Balaban J connectivity index is 2.48. The lowest BCUT2D eigenvalue weighted by Crippen LogP contribution is -2.34. The van der Waals surface area contributed by atoms with Crippen LogP contribution in [-0.2, 0) is 9.53 Å². The molecule has 70 valence electrons. The van der Waals surface area contributed by atoms with Gasteiger partial charge in [0, 0.05) is 6.61 Å². The fourth-order valence-corrected chi connectivity index (χ4v) is 1.69. The van der Waals surface area contributed by atoms with Crippen molar-refractivity contribution in [1.29, 1.82) is 0 Å². The molecule has 0 aromatic heterocycles. The first-order chi connectivity index (χ1) is 5.75. The van der Waals surface area contributed by atoms with Crippen LogP contribution in [0.2, 0.25) is 0 Å². The Morgan fingerprint density at radius 1 is 1.67 bits per heavy atom. The maximum Gasteiger partial charge on any atom is 0.309 e. The average molecular weight is 172 g/mol. The predicted molar refractivity (Wildman–Crippen MR) is 45.0 cm³/mol. The predicted octanol–water partition coefficient (Wildman–Crippen LogP) is 1.67. The molecule has 0 amide bonds. The van der Waals surface area contributed by atoms with Crippen molar-refractivity contribution in [2.24, 2.45) is 5.92 Å². The Bertz CT molecular complexity index is 154. The second-order valence-electron chi connectivity index (χ2n) is 3.28. The van der Waals surface area contributed by atoms with Crippen molar-refractivity contribution in [2.75, 3.05) is 6.61 Å². The zero-order valence-electron chi connectivity index (χ0n) is 7.45. The molecule has 0 aromatic carbocycles. The molecule has 3 nitrogen and oxygen atoms in total. The monoisotopic (exact) mass is 172 g/mol. The Morgan fingerprint density at radius 3 is 3.00 bits per heavy atom. The average Bonchev–Trinajstić information content (AvgIpc) is 2.05. The van der Waals surface area contributed by atoms with Gasteiger partial charge < -0.3 is 9.84 Å². The summed E-state index contributed by atoms with van der Waals surface area (Å²) in [5, 5.41) is 8.86. The van der Waals surface area contributed by atoms with Crippen molar-refractivity contribution in [1.82, 2.24) is 0 Å². The minimum atomic E-state index is -0.701. The highest BCUT2D eigenvalue weighted by Gasteiger charge is 2.30. The fourth-order valence-electron chi connectivity index (χ4n) is 1.69. The van der Waals surface area contributed by atoms with E-state index >= 15 is 0 Å². The topological polar surface area (TPSA) is 46.5 Å². The van der Waals surface area contributed by atoms with Crippen LogP contribution < -0.4 is 0 Å². The summed E-state index contributed by atoms with van der Waals surface area (Å²) in [5.74, 6) is -0.966. The molecule has 1 N–H and O–H groups in total. The van der Waals surface area contributed by atoms with Gasteiger partial charge in [0.1, 0.15) is 0 Å². The second-order valence-corrected chi connectivity index (χ2v) is 3.28. The molecule has 1 aliphatic rings. The summed E-state index contributed by atoms with van der Waals surface area (Å²) < 4.78 is 5.41. The smallest absolute Gasteiger partial charge is 0.309 e. The van der Waals surface area contributed by atoms with Crippen LogP contribution in [0.15, 0.2) is 0 Å². The molecule has 0 spiro atoms. The molecule has 3 heteroatoms. The summed E-state index contributed by atoms with van der Waals surface area (Å²) >= 11 is 0. The van der Waals surface area contributed by atoms with E-state index in [1.165, 1.54) is 0 Å². The minimum Gasteiger partial charge on any atom is -0.481 e. The molecule has 0 aliphatic carbocycles. The van der Waals surface area contributed by atoms with Crippen LogP contribution in [0.4, 0.5) is 0 Å². The Kier molecular flexibility index (Phi) is 3.53. The largest absolute Gasteiger partial charge is 0.481 e. The van der Waals surface area contributed by atoms with Gasteiger partial charge in [-0.15, -0.1) is 0 Å². The minimum absolute atomic E-state index is 0.0405. The number of hydrogen-bond donors (Lipinski definition) is 1. The number of carbonyl (C=O) groups is 1. The Hall–Kier alpha value is -0.570. The molecule has 1 aliphatic heterocycles. The van der Waals surface area contributed by atoms with E-state index < -0.39 is 5.97 Å². The van der Waals surface area contributed by atoms with Crippen molar-refractivity contribution < 1.29 is 14.6 Å². The van der Waals surface area contributed by atoms with Crippen LogP contribution in [0.1, 0.15) is 32.6 Å². The zero-order chi connectivity index (χ0) is 8.97. The van der Waals surface area contributed by atoms with Crippen LogP contribution >= 0.6 is 0 Å². The number of rotatable bonds is 3. The molecule has 12 heavy (non-hydrogen) atoms. The molecule has 0 radical (unpaired) electrons. The maximum absolute atomic E-state index is 10.8. The van der Waals surface area contributed by atoms with Crippen molar-refractivity contribution in [3.63, 3.8) is 0 Å². The molecule has 1 heterocycles. The molecule has 0 aromatic rings. The standard InChI is InChI=1S/C9H16O3/c1-2-4-8-7(9(10)11)5-3-6-12-8/h7-8H,2-6H2,1H3,(H,10,11)/t7-,8-/m1/s1. The highest BCUT2D eigenvalue weighted by molar-refractivity contribution is 5.70. The van der Waals surface area contributed by atoms with Crippen LogP contribution in [0.5, 0.6) is 0 Å². The first-order valence-corrected chi connectivity index (χ1v) is 4.60. The van der Waals surface area contributed by atoms with Gasteiger partial charge in [-0.1, -0.05) is 13.3 Å². The molecule has 0 unspecified atom stereocenters. The lowest BCUT2D eigenvalue weighted by molar-refractivity contribution is -0.151. The molecule has 1 rings (SSSR count). The fraction of sp³-hybridized carbons (Fsp3) is 0.889. The molecular weight excluding hydrogens is 156 g/mol. The summed E-state index contributed by atoms with van der Waals surface area (Å²) in [6.07, 6.45) is 3.49. The van der Waals surface area contributed by atoms with E-state index in [-0.39, 0.29) is 12.0 Å². The lowest BCUT2D eigenvalue weighted by atomic mass is 9.92. The Labute approximate surface area is 72.7 Å². The van der Waals surface area contributed by atoms with Gasteiger partial charge >= 0.3 is 5.97 Å². The molecule has 1 fully saturated rings. The van der Waals surface area contributed by atoms with Crippen LogP contribution in [0.25, 0.3) is 0 Å². The van der Waals surface area contributed by atoms with E-state index in [0.717, 1.165) is 32.3 Å². The van der Waals surface area contributed by atoms with E-state index in [1.54, 1.807) is 0 Å². The summed E-state index contributed by atoms with van der Waals surface area (Å²) in [5.41, 5.74) is 0. The van der Waals surface area contributed by atoms with E-state index in [2.05, 4.69) is 6.92 Å². The third kappa shape index (κ3) is 2.21. The van der Waals surface area contributed by atoms with Gasteiger partial charge in [0.05, 0.1) is 12.0 Å². The number of hydrogen-bond acceptors (Lipinski definition) is 2. The molecule has 0 bridgehead atoms. The highest BCUT2D eigenvalue weighted by atomic mass is 16.5. The van der Waals surface area contributed by atoms with E-state index in [9.17, 15) is 4.79 Å². The SMILES string of the molecule is CCC[C@H]1OCCC[C@H]1C(=O)O. The highest BCUT2D eigenvalue weighted by Crippen LogP contribution is 2.24. The van der Waals surface area contributed by atoms with Crippen molar-refractivity contribution in [3.05, 3.63) is 0 Å². The molecule has 1 saturated heterocycles. The quantitative estimate of drug-likeness (QED) is 0.704. The summed E-state index contributed by atoms with van der Waals surface area (Å²) in [6, 6.07) is 0. The third-order valence-corrected chi connectivity index (χ3v) is 2.33. The summed E-state index contributed by atoms with van der Waals surface area (Å²) in [7, 11) is 0. The van der Waals surface area contributed by atoms with Gasteiger partial charge in [-0.2, -0.15) is 0 Å². The number of aliphatic carboxylic acids is 1. The van der Waals surface area contributed by atoms with Crippen LogP contribution in [0.3, 0.4) is 0 Å². The second kappa shape index (κ2) is 4.45. The van der Waals surface area contributed by atoms with E-state index in [0.29, 0.717) is 0 Å². The zero-order valence-corrected chi connectivity index (χ0v) is 7.45. The Morgan fingerprint density at radius 2 is 2.42 bits per heavy atom. The van der Waals surface area contributed by atoms with Gasteiger partial charge in [-0.3, -0.25) is 4.79 Å². The van der Waals surface area contributed by atoms with Gasteiger partial charge in [0.2, 0.25) is 0 Å². The molecule has 2 atom stereocenters. The van der Waals surface area contributed by atoms with Crippen molar-refractivity contribution in [3.8, 4) is 0 Å². The lowest BCUT2D eigenvalue weighted by Gasteiger charge is -2.28. The first-order valence-electron chi connectivity index (χ1n) is 4.60. The van der Waals surface area contributed by atoms with Gasteiger partial charge in [0.15, 0.2) is 0 Å². The molecular formula is C9H16O3. The number of carboxylic acids is 1. The van der Waals surface area contributed by atoms with Gasteiger partial charge in [-0.25, -0.2) is 0 Å². The van der Waals surface area contributed by atoms with Gasteiger partial charge in [-0.05, 0) is 19.3 Å². The third-order valence-electron chi connectivity index (χ3n) is 2.33. The summed E-state index contributed by atoms with van der Waals surface area (Å²) in [6.45, 7) is 2.78. The number of carboxylic acid groups (broad SMARTS) is 1. The van der Waals surface area contributed by atoms with Crippen LogP contribution in [0, 0.1) is 5.92 Å². The van der Waals surface area contributed by atoms with E-state index in [1.807, 2.05) is 0 Å². The summed E-state index contributed by atoms with van der Waals surface area (Å²) in [4.78, 5) is 10.8. The normalized spacial score (nSPS) is 30.1. The first kappa shape index (κ1) is 9.52. The van der Waals surface area contributed by atoms with Crippen molar-refractivity contribution in [2.45, 2.75) is 38.7 Å². The van der Waals surface area contributed by atoms with Gasteiger partial charge in [0.25, 0.3) is 0 Å². The van der Waals surface area contributed by atoms with E-state index in [4.69, 9.17) is 9.84 Å². The van der Waals surface area contributed by atoms with Crippen LogP contribution in [-0.4, -0.2) is 23.8 Å².